The Morgan fingerprint density at radius 2 is 2.17 bits per heavy atom. The third-order valence-corrected chi connectivity index (χ3v) is 1.61. The normalized spacial score (nSPS) is 9.67. The number of rotatable bonds is 0. The number of nitrogens with one attached hydrogen (secondary N) is 1. The number of phenolic OH excluding ortho intramolecular Hbond substituents is 1. The molecular formula is C7H8ClN3O. The first kappa shape index (κ1) is 8.67. The Kier molecular flexibility index (Phi) is 2.10. The lowest BCUT2D eigenvalue weighted by atomic mass is 10.2. The number of nitrogens with two attached hydrogens (primary N) is 1. The van der Waals surface area contributed by atoms with E-state index in [1.165, 1.54) is 0 Å². The van der Waals surface area contributed by atoms with Crippen molar-refractivity contribution in [2.75, 3.05) is 5.73 Å². The highest BCUT2D eigenvalue weighted by Gasteiger charge is 2.03. The van der Waals surface area contributed by atoms with Crippen molar-refractivity contribution in [3.05, 3.63) is 18.2 Å². The van der Waals surface area contributed by atoms with Gasteiger partial charge in [-0.05, 0) is 12.1 Å². The molecule has 12 heavy (non-hydrogen) atoms. The van der Waals surface area contributed by atoms with Gasteiger partial charge in [-0.15, -0.1) is 12.4 Å². The van der Waals surface area contributed by atoms with Gasteiger partial charge in [0.2, 0.25) is 0 Å². The quantitative estimate of drug-likeness (QED) is 0.579. The van der Waals surface area contributed by atoms with Crippen LogP contribution >= 0.6 is 12.4 Å². The van der Waals surface area contributed by atoms with Crippen LogP contribution in [0, 0.1) is 0 Å². The topological polar surface area (TPSA) is 74.9 Å². The summed E-state index contributed by atoms with van der Waals surface area (Å²) < 4.78 is 0. The summed E-state index contributed by atoms with van der Waals surface area (Å²) in [6.07, 6.45) is 0. The van der Waals surface area contributed by atoms with Gasteiger partial charge in [0, 0.05) is 5.39 Å². The maximum absolute atomic E-state index is 9.26. The summed E-state index contributed by atoms with van der Waals surface area (Å²) in [7, 11) is 0. The van der Waals surface area contributed by atoms with Gasteiger partial charge in [-0.3, -0.25) is 5.10 Å². The Hall–Kier alpha value is -1.42. The standard InChI is InChI=1S/C7H7N3O.ClH/c8-7-4-2-1-3-5(11)6(4)9-10-7;/h1-3,11H,(H3,8,9,10);1H. The highest BCUT2D eigenvalue weighted by Crippen LogP contribution is 2.24. The lowest BCUT2D eigenvalue weighted by Crippen LogP contribution is -1.82. The van der Waals surface area contributed by atoms with Crippen LogP contribution in [0.15, 0.2) is 18.2 Å². The van der Waals surface area contributed by atoms with E-state index in [2.05, 4.69) is 10.2 Å². The number of aromatic amines is 1. The lowest BCUT2D eigenvalue weighted by molar-refractivity contribution is 0.480. The molecule has 0 bridgehead atoms. The highest BCUT2D eigenvalue weighted by molar-refractivity contribution is 5.92. The molecule has 0 unspecified atom stereocenters. The van der Waals surface area contributed by atoms with E-state index in [0.717, 1.165) is 5.39 Å². The smallest absolute Gasteiger partial charge is 0.153 e. The molecule has 0 spiro atoms. The van der Waals surface area contributed by atoms with Crippen molar-refractivity contribution in [1.82, 2.24) is 10.2 Å². The number of nitrogens with zero attached hydrogens (tertiary/aromatic N) is 1. The van der Waals surface area contributed by atoms with E-state index in [0.29, 0.717) is 11.3 Å². The van der Waals surface area contributed by atoms with Crippen LogP contribution in [0.25, 0.3) is 10.9 Å². The van der Waals surface area contributed by atoms with E-state index < -0.39 is 0 Å². The minimum absolute atomic E-state index is 0. The molecule has 0 aliphatic rings. The first-order valence-corrected chi connectivity index (χ1v) is 3.20. The summed E-state index contributed by atoms with van der Waals surface area (Å²) in [6.45, 7) is 0. The van der Waals surface area contributed by atoms with Gasteiger partial charge in [0.25, 0.3) is 0 Å². The Balaban J connectivity index is 0.000000720. The van der Waals surface area contributed by atoms with Crippen molar-refractivity contribution in [3.63, 3.8) is 0 Å². The number of halogens is 1. The molecule has 4 N–H and O–H groups in total. The Morgan fingerprint density at radius 1 is 1.42 bits per heavy atom. The van der Waals surface area contributed by atoms with E-state index >= 15 is 0 Å². The molecule has 2 rings (SSSR count). The summed E-state index contributed by atoms with van der Waals surface area (Å²) >= 11 is 0. The summed E-state index contributed by atoms with van der Waals surface area (Å²) in [6, 6.07) is 5.11. The first-order chi connectivity index (χ1) is 5.29. The minimum atomic E-state index is 0. The number of phenols is 1. The maximum atomic E-state index is 9.26. The van der Waals surface area contributed by atoms with Gasteiger partial charge in [-0.2, -0.15) is 5.10 Å². The second-order valence-corrected chi connectivity index (χ2v) is 2.31. The van der Waals surface area contributed by atoms with Gasteiger partial charge in [-0.1, -0.05) is 6.07 Å². The van der Waals surface area contributed by atoms with E-state index in [-0.39, 0.29) is 18.2 Å². The van der Waals surface area contributed by atoms with E-state index in [1.807, 2.05) is 0 Å². The van der Waals surface area contributed by atoms with Crippen molar-refractivity contribution < 1.29 is 5.11 Å². The molecule has 0 atom stereocenters. The number of fused-ring (bicyclic) bond motifs is 1. The molecular weight excluding hydrogens is 178 g/mol. The van der Waals surface area contributed by atoms with Crippen molar-refractivity contribution in [2.45, 2.75) is 0 Å². The van der Waals surface area contributed by atoms with E-state index in [4.69, 9.17) is 5.73 Å². The van der Waals surface area contributed by atoms with Crippen LogP contribution in [0.3, 0.4) is 0 Å². The van der Waals surface area contributed by atoms with Gasteiger partial charge >= 0.3 is 0 Å². The van der Waals surface area contributed by atoms with Crippen LogP contribution in [0.4, 0.5) is 5.82 Å². The molecule has 0 radical (unpaired) electrons. The average Bonchev–Trinajstić information content (AvgIpc) is 2.35. The van der Waals surface area contributed by atoms with Crippen LogP contribution in [-0.4, -0.2) is 15.3 Å². The summed E-state index contributed by atoms with van der Waals surface area (Å²) in [4.78, 5) is 0. The molecule has 1 aromatic carbocycles. The zero-order chi connectivity index (χ0) is 7.84. The number of aromatic hydroxyl groups is 1. The molecule has 2 aromatic rings. The molecule has 4 nitrogen and oxygen atoms in total. The zero-order valence-corrected chi connectivity index (χ0v) is 6.93. The Morgan fingerprint density at radius 3 is 2.83 bits per heavy atom. The average molecular weight is 186 g/mol. The summed E-state index contributed by atoms with van der Waals surface area (Å²) in [5, 5.41) is 16.4. The lowest BCUT2D eigenvalue weighted by Gasteiger charge is -1.91. The van der Waals surface area contributed by atoms with Crippen molar-refractivity contribution in [1.29, 1.82) is 0 Å². The summed E-state index contributed by atoms with van der Waals surface area (Å²) in [5.41, 5.74) is 6.08. The minimum Gasteiger partial charge on any atom is -0.506 e. The second kappa shape index (κ2) is 2.91. The van der Waals surface area contributed by atoms with Crippen molar-refractivity contribution in [3.8, 4) is 5.75 Å². The number of hydrogen-bond donors (Lipinski definition) is 3. The van der Waals surface area contributed by atoms with Gasteiger partial charge in [0.05, 0.1) is 0 Å². The molecule has 1 heterocycles. The molecule has 0 amide bonds. The second-order valence-electron chi connectivity index (χ2n) is 2.31. The van der Waals surface area contributed by atoms with Gasteiger partial charge in [-0.25, -0.2) is 0 Å². The van der Waals surface area contributed by atoms with Crippen LogP contribution in [0.1, 0.15) is 0 Å². The molecule has 5 heteroatoms. The van der Waals surface area contributed by atoms with Crippen LogP contribution < -0.4 is 5.73 Å². The van der Waals surface area contributed by atoms with E-state index in [1.54, 1.807) is 18.2 Å². The van der Waals surface area contributed by atoms with Crippen LogP contribution in [0.5, 0.6) is 5.75 Å². The van der Waals surface area contributed by atoms with Crippen molar-refractivity contribution in [2.24, 2.45) is 0 Å². The monoisotopic (exact) mass is 185 g/mol. The number of anilines is 1. The summed E-state index contributed by atoms with van der Waals surface area (Å²) in [5.74, 6) is 0.586. The van der Waals surface area contributed by atoms with Gasteiger partial charge < -0.3 is 10.8 Å². The van der Waals surface area contributed by atoms with Crippen molar-refractivity contribution >= 4 is 29.1 Å². The van der Waals surface area contributed by atoms with Gasteiger partial charge in [0.1, 0.15) is 11.3 Å². The number of aromatic nitrogens is 2. The van der Waals surface area contributed by atoms with Crippen LogP contribution in [-0.2, 0) is 0 Å². The largest absolute Gasteiger partial charge is 0.506 e. The molecule has 0 saturated carbocycles. The maximum Gasteiger partial charge on any atom is 0.153 e. The third-order valence-electron chi connectivity index (χ3n) is 1.61. The fraction of sp³-hybridized carbons (Fsp3) is 0. The predicted molar refractivity (Wildman–Crippen MR) is 49.4 cm³/mol. The number of H-pyrrole nitrogens is 1. The number of para-hydroxylation sites is 1. The predicted octanol–water partition coefficient (Wildman–Crippen LogP) is 1.27. The number of hydrogen-bond acceptors (Lipinski definition) is 3. The zero-order valence-electron chi connectivity index (χ0n) is 6.11. The molecule has 0 saturated heterocycles. The molecule has 64 valence electrons. The number of nitrogen functional groups attached to an aromatic ring is 1. The molecule has 0 aliphatic heterocycles. The third kappa shape index (κ3) is 1.06. The van der Waals surface area contributed by atoms with Gasteiger partial charge in [0.15, 0.2) is 5.82 Å². The number of benzene rings is 1. The van der Waals surface area contributed by atoms with E-state index in [9.17, 15) is 5.11 Å². The highest BCUT2D eigenvalue weighted by atomic mass is 35.5. The fourth-order valence-electron chi connectivity index (χ4n) is 1.05. The first-order valence-electron chi connectivity index (χ1n) is 3.20. The molecule has 0 fully saturated rings. The SMILES string of the molecule is Cl.Nc1n[nH]c2c(O)cccc12. The molecule has 0 aliphatic carbocycles. The van der Waals surface area contributed by atoms with Crippen LogP contribution in [0.2, 0.25) is 0 Å². The Labute approximate surface area is 74.8 Å². The fourth-order valence-corrected chi connectivity index (χ4v) is 1.05. The molecule has 1 aromatic heterocycles. The Bertz CT molecular complexity index is 398.